The number of halogens is 2. The third-order valence-corrected chi connectivity index (χ3v) is 8.25. The Hall–Kier alpha value is -3.52. The molecule has 0 aliphatic rings. The molecule has 0 radical (unpaired) electrons. The fourth-order valence-electron chi connectivity index (χ4n) is 3.63. The Morgan fingerprint density at radius 1 is 0.868 bits per heavy atom. The number of hydrogen-bond donors (Lipinski definition) is 1. The molecule has 38 heavy (non-hydrogen) atoms. The van der Waals surface area contributed by atoms with Gasteiger partial charge in [-0.2, -0.15) is 0 Å². The highest BCUT2D eigenvalue weighted by atomic mass is 35.5. The topological polar surface area (TPSA) is 75.7 Å². The molecule has 4 aromatic rings. The predicted octanol–water partition coefficient (Wildman–Crippen LogP) is 7.02. The van der Waals surface area contributed by atoms with Gasteiger partial charge in [-0.1, -0.05) is 59.1 Å². The van der Waals surface area contributed by atoms with Crippen molar-refractivity contribution in [3.63, 3.8) is 0 Å². The maximum absolute atomic E-state index is 13.6. The van der Waals surface area contributed by atoms with Gasteiger partial charge >= 0.3 is 0 Å². The molecule has 0 saturated carbocycles. The highest BCUT2D eigenvalue weighted by molar-refractivity contribution is 7.92. The molecule has 0 bridgehead atoms. The van der Waals surface area contributed by atoms with Gasteiger partial charge in [-0.05, 0) is 85.6 Å². The zero-order chi connectivity index (χ0) is 27.3. The molecule has 0 fully saturated rings. The van der Waals surface area contributed by atoms with Gasteiger partial charge in [-0.15, -0.1) is 0 Å². The van der Waals surface area contributed by atoms with E-state index < -0.39 is 10.0 Å². The highest BCUT2D eigenvalue weighted by Gasteiger charge is 2.25. The van der Waals surface area contributed by atoms with E-state index in [2.05, 4.69) is 5.32 Å². The second kappa shape index (κ2) is 11.9. The fourth-order valence-corrected chi connectivity index (χ4v) is 5.39. The van der Waals surface area contributed by atoms with E-state index >= 15 is 0 Å². The molecule has 0 unspecified atom stereocenters. The SMILES string of the molecule is Cc1ccc(S(=O)(=O)N(Cc2ccc(Cl)cc2)c2ccc(OCC(=O)Nc3ccc(C)c(Cl)c3)cc2)cc1. The minimum atomic E-state index is -3.87. The van der Waals surface area contributed by atoms with Crippen molar-refractivity contribution in [1.82, 2.24) is 0 Å². The van der Waals surface area contributed by atoms with Crippen molar-refractivity contribution in [3.05, 3.63) is 118 Å². The number of benzene rings is 4. The number of sulfonamides is 1. The monoisotopic (exact) mass is 568 g/mol. The number of anilines is 2. The second-order valence-corrected chi connectivity index (χ2v) is 11.5. The standard InChI is InChI=1S/C29H26Cl2N2O4S/c1-20-3-15-27(16-4-20)38(35,36)33(18-22-6-8-23(30)9-7-22)25-11-13-26(14-12-25)37-19-29(34)32-24-10-5-21(2)28(31)17-24/h3-17H,18-19H2,1-2H3,(H,32,34). The van der Waals surface area contributed by atoms with E-state index in [9.17, 15) is 13.2 Å². The van der Waals surface area contributed by atoms with Gasteiger partial charge in [0.2, 0.25) is 0 Å². The Bertz CT molecular complexity index is 1520. The number of carbonyl (C=O) groups excluding carboxylic acids is 1. The molecule has 0 aliphatic carbocycles. The van der Waals surface area contributed by atoms with Crippen LogP contribution in [0, 0.1) is 13.8 Å². The van der Waals surface area contributed by atoms with Crippen molar-refractivity contribution in [2.75, 3.05) is 16.2 Å². The molecule has 0 spiro atoms. The Balaban J connectivity index is 1.51. The van der Waals surface area contributed by atoms with Crippen LogP contribution in [0.25, 0.3) is 0 Å². The van der Waals surface area contributed by atoms with Crippen molar-refractivity contribution in [1.29, 1.82) is 0 Å². The summed E-state index contributed by atoms with van der Waals surface area (Å²) in [4.78, 5) is 12.5. The summed E-state index contributed by atoms with van der Waals surface area (Å²) in [5.74, 6) is 0.0744. The molecule has 4 rings (SSSR count). The quantitative estimate of drug-likeness (QED) is 0.235. The molecule has 0 saturated heterocycles. The van der Waals surface area contributed by atoms with Crippen molar-refractivity contribution in [2.45, 2.75) is 25.3 Å². The molecule has 6 nitrogen and oxygen atoms in total. The summed E-state index contributed by atoms with van der Waals surface area (Å²) in [6.45, 7) is 3.66. The zero-order valence-corrected chi connectivity index (χ0v) is 23.1. The van der Waals surface area contributed by atoms with Crippen LogP contribution in [0.15, 0.2) is 95.9 Å². The van der Waals surface area contributed by atoms with Crippen molar-refractivity contribution in [2.24, 2.45) is 0 Å². The van der Waals surface area contributed by atoms with E-state index in [-0.39, 0.29) is 24.0 Å². The molecule has 0 aromatic heterocycles. The van der Waals surface area contributed by atoms with Crippen molar-refractivity contribution >= 4 is 50.5 Å². The number of ether oxygens (including phenoxy) is 1. The minimum Gasteiger partial charge on any atom is -0.484 e. The average molecular weight is 570 g/mol. The first kappa shape index (κ1) is 27.5. The van der Waals surface area contributed by atoms with E-state index in [0.717, 1.165) is 16.7 Å². The van der Waals surface area contributed by atoms with Crippen LogP contribution in [-0.2, 0) is 21.4 Å². The largest absolute Gasteiger partial charge is 0.484 e. The van der Waals surface area contributed by atoms with Gasteiger partial charge in [0.25, 0.3) is 15.9 Å². The normalized spacial score (nSPS) is 11.2. The molecule has 9 heteroatoms. The number of aryl methyl sites for hydroxylation is 2. The molecule has 196 valence electrons. The lowest BCUT2D eigenvalue weighted by Gasteiger charge is -2.25. The van der Waals surface area contributed by atoms with Gasteiger partial charge in [-0.25, -0.2) is 8.42 Å². The molecular weight excluding hydrogens is 543 g/mol. The van der Waals surface area contributed by atoms with E-state index in [1.807, 2.05) is 19.9 Å². The Labute approximate surface area is 232 Å². The molecule has 1 N–H and O–H groups in total. The molecule has 1 amide bonds. The van der Waals surface area contributed by atoms with E-state index in [1.54, 1.807) is 84.9 Å². The number of hydrogen-bond acceptors (Lipinski definition) is 4. The van der Waals surface area contributed by atoms with Crippen LogP contribution in [0.1, 0.15) is 16.7 Å². The second-order valence-electron chi connectivity index (χ2n) is 8.75. The van der Waals surface area contributed by atoms with Gasteiger partial charge in [0.05, 0.1) is 17.1 Å². The maximum atomic E-state index is 13.6. The van der Waals surface area contributed by atoms with Gasteiger partial charge in [0.1, 0.15) is 5.75 Å². The number of nitrogens with one attached hydrogen (secondary N) is 1. The summed E-state index contributed by atoms with van der Waals surface area (Å²) in [6.07, 6.45) is 0. The Morgan fingerprint density at radius 2 is 1.53 bits per heavy atom. The smallest absolute Gasteiger partial charge is 0.264 e. The highest BCUT2D eigenvalue weighted by Crippen LogP contribution is 2.28. The van der Waals surface area contributed by atoms with Gasteiger partial charge in [-0.3, -0.25) is 9.10 Å². The Kier molecular flexibility index (Phi) is 8.62. The molecular formula is C29H26Cl2N2O4S. The van der Waals surface area contributed by atoms with Crippen LogP contribution in [0.2, 0.25) is 10.0 Å². The third kappa shape index (κ3) is 6.86. The summed E-state index contributed by atoms with van der Waals surface area (Å²) in [6, 6.07) is 25.5. The van der Waals surface area contributed by atoms with E-state index in [1.165, 1.54) is 4.31 Å². The predicted molar refractivity (Wildman–Crippen MR) is 153 cm³/mol. The number of amides is 1. The lowest BCUT2D eigenvalue weighted by Crippen LogP contribution is -2.30. The first-order valence-corrected chi connectivity index (χ1v) is 13.9. The summed E-state index contributed by atoms with van der Waals surface area (Å²) in [7, 11) is -3.87. The lowest BCUT2D eigenvalue weighted by atomic mass is 10.2. The zero-order valence-electron chi connectivity index (χ0n) is 20.8. The fraction of sp³-hybridized carbons (Fsp3) is 0.138. The van der Waals surface area contributed by atoms with Crippen LogP contribution in [0.3, 0.4) is 0 Å². The van der Waals surface area contributed by atoms with Crippen LogP contribution in [-0.4, -0.2) is 20.9 Å². The van der Waals surface area contributed by atoms with Crippen molar-refractivity contribution < 1.29 is 17.9 Å². The van der Waals surface area contributed by atoms with Crippen LogP contribution in [0.5, 0.6) is 5.75 Å². The number of nitrogens with zero attached hydrogens (tertiary/aromatic N) is 1. The van der Waals surface area contributed by atoms with Gasteiger partial charge in [0, 0.05) is 15.7 Å². The van der Waals surface area contributed by atoms with E-state index in [4.69, 9.17) is 27.9 Å². The third-order valence-electron chi connectivity index (χ3n) is 5.80. The van der Waals surface area contributed by atoms with Gasteiger partial charge < -0.3 is 10.1 Å². The average Bonchev–Trinajstić information content (AvgIpc) is 2.90. The minimum absolute atomic E-state index is 0.106. The van der Waals surface area contributed by atoms with Crippen molar-refractivity contribution in [3.8, 4) is 5.75 Å². The summed E-state index contributed by atoms with van der Waals surface area (Å²) < 4.78 is 34.2. The van der Waals surface area contributed by atoms with E-state index in [0.29, 0.717) is 27.2 Å². The summed E-state index contributed by atoms with van der Waals surface area (Å²) in [5, 5.41) is 3.86. The maximum Gasteiger partial charge on any atom is 0.264 e. The molecule has 4 aromatic carbocycles. The van der Waals surface area contributed by atoms with Crippen LogP contribution >= 0.6 is 23.2 Å². The molecule has 0 aliphatic heterocycles. The van der Waals surface area contributed by atoms with Gasteiger partial charge in [0.15, 0.2) is 6.61 Å². The first-order valence-electron chi connectivity index (χ1n) is 11.7. The molecule has 0 atom stereocenters. The lowest BCUT2D eigenvalue weighted by molar-refractivity contribution is -0.118. The first-order chi connectivity index (χ1) is 18.1. The Morgan fingerprint density at radius 3 is 2.16 bits per heavy atom. The van der Waals surface area contributed by atoms with Crippen LogP contribution in [0.4, 0.5) is 11.4 Å². The number of carbonyl (C=O) groups is 1. The summed E-state index contributed by atoms with van der Waals surface area (Å²) in [5.41, 5.74) is 3.67. The van der Waals surface area contributed by atoms with Crippen LogP contribution < -0.4 is 14.4 Å². The molecule has 0 heterocycles. The number of rotatable bonds is 9. The summed E-state index contributed by atoms with van der Waals surface area (Å²) >= 11 is 12.1.